The predicted octanol–water partition coefficient (Wildman–Crippen LogP) is 4.34. The van der Waals surface area contributed by atoms with Gasteiger partial charge in [0, 0.05) is 0 Å². The van der Waals surface area contributed by atoms with Crippen LogP contribution < -0.4 is 24.4 Å². The fourth-order valence-corrected chi connectivity index (χ4v) is 5.88. The van der Waals surface area contributed by atoms with Crippen LogP contribution in [-0.4, -0.2) is 30.4 Å². The average molecular weight is 636 g/mol. The number of allylic oxidation sites excluding steroid dienone is 1. The molecule has 0 unspecified atom stereocenters. The summed E-state index contributed by atoms with van der Waals surface area (Å²) in [5, 5.41) is 0. The van der Waals surface area contributed by atoms with Gasteiger partial charge in [0.05, 0.1) is 45.2 Å². The van der Waals surface area contributed by atoms with Gasteiger partial charge in [-0.1, -0.05) is 23.5 Å². The van der Waals surface area contributed by atoms with Crippen molar-refractivity contribution in [3.63, 3.8) is 0 Å². The fourth-order valence-electron chi connectivity index (χ4n) is 4.08. The van der Waals surface area contributed by atoms with Crippen LogP contribution in [0.5, 0.6) is 11.5 Å². The van der Waals surface area contributed by atoms with Crippen molar-refractivity contribution in [1.29, 1.82) is 0 Å². The Morgan fingerprint density at radius 3 is 2.59 bits per heavy atom. The molecule has 0 radical (unpaired) electrons. The first-order valence-corrected chi connectivity index (χ1v) is 13.5. The third-order valence-electron chi connectivity index (χ3n) is 5.61. The first-order chi connectivity index (χ1) is 17.6. The number of benzene rings is 2. The summed E-state index contributed by atoms with van der Waals surface area (Å²) < 4.78 is 33.2. The topological polar surface area (TPSA) is 79.1 Å². The number of aromatic nitrogens is 1. The van der Waals surface area contributed by atoms with E-state index in [2.05, 4.69) is 27.6 Å². The van der Waals surface area contributed by atoms with Crippen molar-refractivity contribution in [1.82, 2.24) is 4.57 Å². The molecule has 0 saturated carbocycles. The zero-order chi connectivity index (χ0) is 26.9. The smallest absolute Gasteiger partial charge is 0.338 e. The lowest BCUT2D eigenvalue weighted by atomic mass is 9.96. The Bertz CT molecular complexity index is 1560. The highest BCUT2D eigenvalue weighted by molar-refractivity contribution is 14.1. The number of nitrogens with zero attached hydrogens (tertiary/aromatic N) is 2. The molecule has 7 nitrogen and oxygen atoms in total. The molecule has 1 aliphatic heterocycles. The zero-order valence-electron chi connectivity index (χ0n) is 21.0. The van der Waals surface area contributed by atoms with Crippen LogP contribution in [0.25, 0.3) is 6.08 Å². The van der Waals surface area contributed by atoms with Crippen LogP contribution in [-0.2, 0) is 9.53 Å². The van der Waals surface area contributed by atoms with Crippen LogP contribution in [0.1, 0.15) is 44.9 Å². The molecule has 1 atom stereocenters. The number of carbonyl (C=O) groups is 1. The lowest BCUT2D eigenvalue weighted by molar-refractivity contribution is -0.139. The summed E-state index contributed by atoms with van der Waals surface area (Å²) >= 11 is 3.39. The lowest BCUT2D eigenvalue weighted by Crippen LogP contribution is -2.39. The maximum absolute atomic E-state index is 13.7. The van der Waals surface area contributed by atoms with Crippen LogP contribution in [0.2, 0.25) is 0 Å². The molecule has 2 heterocycles. The van der Waals surface area contributed by atoms with Gasteiger partial charge in [-0.05, 0) is 91.8 Å². The van der Waals surface area contributed by atoms with E-state index in [1.807, 2.05) is 26.0 Å². The number of hydrogen-bond donors (Lipinski definition) is 0. The van der Waals surface area contributed by atoms with E-state index < -0.39 is 17.8 Å². The molecule has 1 aromatic heterocycles. The summed E-state index contributed by atoms with van der Waals surface area (Å²) in [5.41, 5.74) is 1.72. The normalized spacial score (nSPS) is 15.5. The molecule has 0 bridgehead atoms. The summed E-state index contributed by atoms with van der Waals surface area (Å²) in [7, 11) is 1.57. The van der Waals surface area contributed by atoms with Crippen LogP contribution >= 0.6 is 33.9 Å². The van der Waals surface area contributed by atoms with Crippen molar-refractivity contribution in [2.24, 2.45) is 4.99 Å². The second kappa shape index (κ2) is 11.2. The van der Waals surface area contributed by atoms with Gasteiger partial charge in [-0.2, -0.15) is 0 Å². The standard InChI is InChI=1S/C27H26FIN2O5S/c1-6-35-26(33)22-15(4)30-27-31(23(22)17-7-9-18(28)10-8-17)25(32)21(37-27)13-16-11-19(29)24(36-14(2)3)20(12-16)34-5/h7-14,23H,6H2,1-5H3/b21-13-/t23-/m0/s1. The van der Waals surface area contributed by atoms with E-state index in [1.54, 1.807) is 39.2 Å². The Hall–Kier alpha value is -2.99. The van der Waals surface area contributed by atoms with E-state index in [1.165, 1.54) is 28.0 Å². The largest absolute Gasteiger partial charge is 0.493 e. The molecule has 1 aliphatic rings. The van der Waals surface area contributed by atoms with Crippen molar-refractivity contribution in [2.75, 3.05) is 13.7 Å². The van der Waals surface area contributed by atoms with Gasteiger partial charge >= 0.3 is 5.97 Å². The number of carbonyl (C=O) groups excluding carboxylic acids is 1. The van der Waals surface area contributed by atoms with Crippen LogP contribution in [0.3, 0.4) is 0 Å². The minimum absolute atomic E-state index is 0.0275. The average Bonchev–Trinajstić information content (AvgIpc) is 3.14. The second-order valence-electron chi connectivity index (χ2n) is 8.55. The highest BCUT2D eigenvalue weighted by atomic mass is 127. The molecule has 10 heteroatoms. The van der Waals surface area contributed by atoms with Crippen molar-refractivity contribution in [2.45, 2.75) is 39.8 Å². The number of esters is 1. The van der Waals surface area contributed by atoms with E-state index in [0.29, 0.717) is 32.1 Å². The van der Waals surface area contributed by atoms with Gasteiger partial charge < -0.3 is 14.2 Å². The molecule has 37 heavy (non-hydrogen) atoms. The molecule has 2 aromatic carbocycles. The van der Waals surface area contributed by atoms with Crippen LogP contribution in [0.4, 0.5) is 4.39 Å². The Morgan fingerprint density at radius 1 is 1.27 bits per heavy atom. The molecule has 4 rings (SSSR count). The molecular formula is C27H26FIN2O5S. The van der Waals surface area contributed by atoms with Crippen molar-refractivity contribution < 1.29 is 23.4 Å². The molecule has 3 aromatic rings. The first kappa shape index (κ1) is 27.1. The zero-order valence-corrected chi connectivity index (χ0v) is 24.0. The molecule has 0 fully saturated rings. The van der Waals surface area contributed by atoms with E-state index >= 15 is 0 Å². The number of hydrogen-bond acceptors (Lipinski definition) is 7. The molecule has 0 amide bonds. The first-order valence-electron chi connectivity index (χ1n) is 11.6. The Balaban J connectivity index is 1.91. The SMILES string of the molecule is CCOC(=O)C1=C(C)N=c2s/c(=C\c3cc(I)c(OC(C)C)c(OC)c3)c(=O)n2[C@H]1c1ccc(F)cc1. The van der Waals surface area contributed by atoms with E-state index in [-0.39, 0.29) is 23.8 Å². The Labute approximate surface area is 231 Å². The molecule has 0 saturated heterocycles. The summed E-state index contributed by atoms with van der Waals surface area (Å²) in [4.78, 5) is 31.7. The number of ether oxygens (including phenoxy) is 3. The fraction of sp³-hybridized carbons (Fsp3) is 0.296. The maximum atomic E-state index is 13.7. The molecule has 0 aliphatic carbocycles. The maximum Gasteiger partial charge on any atom is 0.338 e. The van der Waals surface area contributed by atoms with Gasteiger partial charge in [-0.25, -0.2) is 14.2 Å². The lowest BCUT2D eigenvalue weighted by Gasteiger charge is -2.24. The van der Waals surface area contributed by atoms with Gasteiger partial charge in [-0.3, -0.25) is 9.36 Å². The third kappa shape index (κ3) is 5.49. The number of fused-ring (bicyclic) bond motifs is 1. The summed E-state index contributed by atoms with van der Waals surface area (Å²) in [6, 6.07) is 8.66. The third-order valence-corrected chi connectivity index (χ3v) is 7.39. The summed E-state index contributed by atoms with van der Waals surface area (Å²) in [6.45, 7) is 7.47. The van der Waals surface area contributed by atoms with Gasteiger partial charge in [0.15, 0.2) is 16.3 Å². The Morgan fingerprint density at radius 2 is 1.97 bits per heavy atom. The van der Waals surface area contributed by atoms with E-state index in [4.69, 9.17) is 14.2 Å². The van der Waals surface area contributed by atoms with Crippen LogP contribution in [0, 0.1) is 9.39 Å². The predicted molar refractivity (Wildman–Crippen MR) is 148 cm³/mol. The van der Waals surface area contributed by atoms with E-state index in [9.17, 15) is 14.0 Å². The van der Waals surface area contributed by atoms with Gasteiger partial charge in [0.1, 0.15) is 5.82 Å². The molecule has 194 valence electrons. The number of rotatable bonds is 7. The molecule has 0 N–H and O–H groups in total. The monoisotopic (exact) mass is 636 g/mol. The van der Waals surface area contributed by atoms with Crippen molar-refractivity contribution in [3.8, 4) is 11.5 Å². The minimum atomic E-state index is -0.797. The summed E-state index contributed by atoms with van der Waals surface area (Å²) in [6.07, 6.45) is 1.74. The second-order valence-corrected chi connectivity index (χ2v) is 10.7. The highest BCUT2D eigenvalue weighted by Gasteiger charge is 2.33. The number of thiazole rings is 1. The van der Waals surface area contributed by atoms with Crippen LogP contribution in [0.15, 0.2) is 57.5 Å². The molecule has 0 spiro atoms. The van der Waals surface area contributed by atoms with Crippen molar-refractivity contribution in [3.05, 3.63) is 87.9 Å². The van der Waals surface area contributed by atoms with E-state index in [0.717, 1.165) is 9.13 Å². The van der Waals surface area contributed by atoms with Gasteiger partial charge in [-0.15, -0.1) is 0 Å². The van der Waals surface area contributed by atoms with Gasteiger partial charge in [0.2, 0.25) is 0 Å². The minimum Gasteiger partial charge on any atom is -0.493 e. The quantitative estimate of drug-likeness (QED) is 0.285. The van der Waals surface area contributed by atoms with Gasteiger partial charge in [0.25, 0.3) is 5.56 Å². The Kier molecular flexibility index (Phi) is 8.17. The number of halogens is 2. The van der Waals surface area contributed by atoms with Crippen molar-refractivity contribution >= 4 is 46.0 Å². The highest BCUT2D eigenvalue weighted by Crippen LogP contribution is 2.35. The summed E-state index contributed by atoms with van der Waals surface area (Å²) in [5.74, 6) is 0.224. The number of methoxy groups -OCH3 is 1. The molecular weight excluding hydrogens is 610 g/mol.